The zero-order valence-electron chi connectivity index (χ0n) is 17.5. The molecule has 9 heteroatoms. The molecule has 0 bridgehead atoms. The molecule has 0 spiro atoms. The van der Waals surface area contributed by atoms with Crippen LogP contribution in [0.15, 0.2) is 30.6 Å². The van der Waals surface area contributed by atoms with Gasteiger partial charge in [-0.05, 0) is 56.7 Å². The second kappa shape index (κ2) is 9.72. The number of amides is 1. The monoisotopic (exact) mass is 424 g/mol. The van der Waals surface area contributed by atoms with Crippen molar-refractivity contribution in [3.63, 3.8) is 0 Å². The maximum Gasteiger partial charge on any atom is 0.290 e. The molecule has 0 unspecified atom stereocenters. The molecule has 0 aromatic carbocycles. The van der Waals surface area contributed by atoms with Crippen molar-refractivity contribution in [2.24, 2.45) is 0 Å². The number of nitrogens with one attached hydrogen (secondary N) is 1. The highest BCUT2D eigenvalue weighted by atomic mass is 16.3. The van der Waals surface area contributed by atoms with Crippen LogP contribution in [-0.4, -0.2) is 47.8 Å². The molecule has 31 heavy (non-hydrogen) atoms. The number of fused-ring (bicyclic) bond motifs is 2. The number of hydrogen-bond acceptors (Lipinski definition) is 5. The summed E-state index contributed by atoms with van der Waals surface area (Å²) in [6, 6.07) is 6.89. The largest absolute Gasteiger partial charge is 0.483 e. The first-order chi connectivity index (χ1) is 15.2. The minimum absolute atomic E-state index is 0.0726. The Morgan fingerprint density at radius 1 is 1.13 bits per heavy atom. The molecule has 0 radical (unpaired) electrons. The molecule has 9 nitrogen and oxygen atoms in total. The lowest BCUT2D eigenvalue weighted by Crippen LogP contribution is -2.39. The van der Waals surface area contributed by atoms with Crippen LogP contribution in [0, 0.1) is 0 Å². The van der Waals surface area contributed by atoms with Crippen molar-refractivity contribution in [2.45, 2.75) is 70.0 Å². The highest BCUT2D eigenvalue weighted by Crippen LogP contribution is 2.32. The topological polar surface area (TPSA) is 115 Å². The van der Waals surface area contributed by atoms with Gasteiger partial charge in [0.1, 0.15) is 11.6 Å². The van der Waals surface area contributed by atoms with Crippen LogP contribution in [0.5, 0.6) is 0 Å². The van der Waals surface area contributed by atoms with E-state index >= 15 is 0 Å². The van der Waals surface area contributed by atoms with Gasteiger partial charge in [-0.1, -0.05) is 6.42 Å². The van der Waals surface area contributed by atoms with Crippen LogP contribution in [0.2, 0.25) is 0 Å². The highest BCUT2D eigenvalue weighted by Gasteiger charge is 2.27. The molecule has 4 heterocycles. The maximum absolute atomic E-state index is 12.8. The Labute approximate surface area is 180 Å². The number of carboxylic acid groups (broad SMARTS) is 1. The van der Waals surface area contributed by atoms with E-state index in [9.17, 15) is 4.79 Å². The fraction of sp³-hybridized carbons (Fsp3) is 0.500. The Kier molecular flexibility index (Phi) is 6.59. The van der Waals surface area contributed by atoms with E-state index in [1.165, 1.54) is 12.0 Å². The normalized spacial score (nSPS) is 20.8. The molecule has 1 amide bonds. The van der Waals surface area contributed by atoms with Gasteiger partial charge < -0.3 is 19.6 Å². The third-order valence-corrected chi connectivity index (χ3v) is 6.21. The average Bonchev–Trinajstić information content (AvgIpc) is 3.36. The van der Waals surface area contributed by atoms with E-state index in [-0.39, 0.29) is 18.4 Å². The van der Waals surface area contributed by atoms with Gasteiger partial charge in [0.25, 0.3) is 12.4 Å². The van der Waals surface area contributed by atoms with Crippen molar-refractivity contribution in [1.82, 2.24) is 29.6 Å². The number of hydrogen-bond donors (Lipinski definition) is 2. The Bertz CT molecular complexity index is 989. The first-order valence-electron chi connectivity index (χ1n) is 10.9. The van der Waals surface area contributed by atoms with E-state index in [2.05, 4.69) is 49.5 Å². The van der Waals surface area contributed by atoms with E-state index in [0.717, 1.165) is 63.1 Å². The lowest BCUT2D eigenvalue weighted by Gasteiger charge is -2.31. The Morgan fingerprint density at radius 3 is 2.74 bits per heavy atom. The number of rotatable bonds is 3. The van der Waals surface area contributed by atoms with Gasteiger partial charge in [-0.3, -0.25) is 9.59 Å². The van der Waals surface area contributed by atoms with E-state index in [4.69, 9.17) is 9.90 Å². The molecule has 1 saturated carbocycles. The second-order valence-corrected chi connectivity index (χ2v) is 8.13. The average molecular weight is 425 g/mol. The van der Waals surface area contributed by atoms with Crippen LogP contribution < -0.4 is 5.32 Å². The summed E-state index contributed by atoms with van der Waals surface area (Å²) < 4.78 is 4.32. The zero-order chi connectivity index (χ0) is 21.6. The fourth-order valence-electron chi connectivity index (χ4n) is 4.69. The molecule has 5 rings (SSSR count). The lowest BCUT2D eigenvalue weighted by atomic mass is 9.90. The third kappa shape index (κ3) is 4.60. The molecule has 1 aromatic heterocycles. The lowest BCUT2D eigenvalue weighted by molar-refractivity contribution is -0.122. The summed E-state index contributed by atoms with van der Waals surface area (Å²) in [6.45, 7) is 0.602. The summed E-state index contributed by atoms with van der Waals surface area (Å²) in [5.74, 6) is 2.43. The van der Waals surface area contributed by atoms with E-state index < -0.39 is 0 Å². The molecular weight excluding hydrogens is 396 g/mol. The standard InChI is InChI=1S/C21H26N6O.CH2O2/c28-21(20-25-24-18-6-2-1-3-13-27(18)20)23-16-7-9-17(10-8-16)26-14-4-5-15-11-12-22-19(15)26;2-1-3/h4-5,11-12,14,16-17H,1-3,6-10,13H2,(H,23,28);1H,(H,2,3). The van der Waals surface area contributed by atoms with Crippen LogP contribution in [0.3, 0.4) is 0 Å². The van der Waals surface area contributed by atoms with Gasteiger partial charge in [0, 0.05) is 43.0 Å². The van der Waals surface area contributed by atoms with Crippen molar-refractivity contribution >= 4 is 12.4 Å². The van der Waals surface area contributed by atoms with Gasteiger partial charge in [0.15, 0.2) is 0 Å². The van der Waals surface area contributed by atoms with Crippen LogP contribution in [-0.2, 0) is 17.8 Å². The van der Waals surface area contributed by atoms with Crippen molar-refractivity contribution in [3.05, 3.63) is 42.2 Å². The molecule has 1 fully saturated rings. The van der Waals surface area contributed by atoms with Crippen LogP contribution in [0.1, 0.15) is 67.4 Å². The SMILES string of the molecule is O=C(NC1CCC(n2cccc3ccnc2-3)CC1)c1nnc2n1CCCCC2.O=CO. The van der Waals surface area contributed by atoms with Gasteiger partial charge in [0.05, 0.1) is 0 Å². The molecule has 3 aliphatic heterocycles. The molecule has 0 atom stereocenters. The van der Waals surface area contributed by atoms with Crippen molar-refractivity contribution in [1.29, 1.82) is 0 Å². The summed E-state index contributed by atoms with van der Waals surface area (Å²) in [4.78, 5) is 25.7. The number of nitrogens with zero attached hydrogens (tertiary/aromatic N) is 5. The first-order valence-corrected chi connectivity index (χ1v) is 10.9. The molecule has 164 valence electrons. The molecule has 0 saturated heterocycles. The fourth-order valence-corrected chi connectivity index (χ4v) is 4.69. The second-order valence-electron chi connectivity index (χ2n) is 8.13. The van der Waals surface area contributed by atoms with E-state index in [1.807, 2.05) is 10.8 Å². The van der Waals surface area contributed by atoms with Gasteiger partial charge >= 0.3 is 0 Å². The molecule has 1 aromatic rings. The maximum atomic E-state index is 12.8. The molecule has 1 aliphatic carbocycles. The number of pyridine rings is 1. The summed E-state index contributed by atoms with van der Waals surface area (Å²) in [7, 11) is 0. The molecular formula is C22H28N6O3. The number of aromatic nitrogens is 5. The predicted molar refractivity (Wildman–Crippen MR) is 114 cm³/mol. The number of carbonyl (C=O) groups is 2. The van der Waals surface area contributed by atoms with Crippen molar-refractivity contribution < 1.29 is 14.7 Å². The summed E-state index contributed by atoms with van der Waals surface area (Å²) >= 11 is 0. The van der Waals surface area contributed by atoms with E-state index in [0.29, 0.717) is 11.9 Å². The van der Waals surface area contributed by atoms with Crippen LogP contribution in [0.4, 0.5) is 0 Å². The molecule has 4 aliphatic rings. The minimum atomic E-state index is -0.250. The number of aryl methyl sites for hydroxylation is 1. The Balaban J connectivity index is 0.000000730. The first kappa shape index (κ1) is 21.0. The van der Waals surface area contributed by atoms with Gasteiger partial charge in [0.2, 0.25) is 5.82 Å². The Morgan fingerprint density at radius 2 is 1.94 bits per heavy atom. The number of carbonyl (C=O) groups excluding carboxylic acids is 1. The van der Waals surface area contributed by atoms with Gasteiger partial charge in [-0.15, -0.1) is 10.2 Å². The van der Waals surface area contributed by atoms with Crippen molar-refractivity contribution in [3.8, 4) is 11.4 Å². The van der Waals surface area contributed by atoms with Crippen molar-refractivity contribution in [2.75, 3.05) is 0 Å². The van der Waals surface area contributed by atoms with Crippen LogP contribution >= 0.6 is 0 Å². The van der Waals surface area contributed by atoms with Crippen LogP contribution in [0.25, 0.3) is 11.4 Å². The molecule has 2 N–H and O–H groups in total. The summed E-state index contributed by atoms with van der Waals surface area (Å²) in [6.07, 6.45) is 12.4. The minimum Gasteiger partial charge on any atom is -0.483 e. The van der Waals surface area contributed by atoms with Gasteiger partial charge in [-0.2, -0.15) is 0 Å². The Hall–Kier alpha value is -3.23. The summed E-state index contributed by atoms with van der Waals surface area (Å²) in [5, 5.41) is 18.5. The van der Waals surface area contributed by atoms with Gasteiger partial charge in [-0.25, -0.2) is 4.98 Å². The summed E-state index contributed by atoms with van der Waals surface area (Å²) in [5.41, 5.74) is 1.19. The highest BCUT2D eigenvalue weighted by molar-refractivity contribution is 5.90. The zero-order valence-corrected chi connectivity index (χ0v) is 17.5. The smallest absolute Gasteiger partial charge is 0.290 e. The van der Waals surface area contributed by atoms with E-state index in [1.54, 1.807) is 0 Å². The third-order valence-electron chi connectivity index (χ3n) is 6.21. The predicted octanol–water partition coefficient (Wildman–Crippen LogP) is 2.92. The quantitative estimate of drug-likeness (QED) is 0.625.